The van der Waals surface area contributed by atoms with Gasteiger partial charge < -0.3 is 0 Å². The van der Waals surface area contributed by atoms with Crippen LogP contribution in [0.5, 0.6) is 0 Å². The van der Waals surface area contributed by atoms with Crippen molar-refractivity contribution in [2.24, 2.45) is 0 Å². The summed E-state index contributed by atoms with van der Waals surface area (Å²) in [6, 6.07) is 3.82. The third-order valence-corrected chi connectivity index (χ3v) is 2.39. The van der Waals surface area contributed by atoms with Crippen LogP contribution in [0.4, 0.5) is 0 Å². The Bertz CT molecular complexity index is 378. The molecule has 1 radical (unpaired) electrons. The SMILES string of the molecule is O=C([CH]c1cccs1)n1ccnc1. The quantitative estimate of drug-likeness (QED) is 0.726. The van der Waals surface area contributed by atoms with Gasteiger partial charge in [-0.3, -0.25) is 9.36 Å². The summed E-state index contributed by atoms with van der Waals surface area (Å²) in [5.74, 6) is -0.0695. The second kappa shape index (κ2) is 3.53. The molecule has 2 aromatic heterocycles. The van der Waals surface area contributed by atoms with Gasteiger partial charge in [-0.05, 0) is 11.4 Å². The molecule has 0 fully saturated rings. The molecule has 0 atom stereocenters. The molecule has 13 heavy (non-hydrogen) atoms. The van der Waals surface area contributed by atoms with E-state index in [2.05, 4.69) is 4.98 Å². The van der Waals surface area contributed by atoms with Gasteiger partial charge >= 0.3 is 0 Å². The summed E-state index contributed by atoms with van der Waals surface area (Å²) < 4.78 is 1.44. The molecule has 4 heteroatoms. The summed E-state index contributed by atoms with van der Waals surface area (Å²) in [6.45, 7) is 0. The smallest absolute Gasteiger partial charge is 0.241 e. The van der Waals surface area contributed by atoms with Gasteiger partial charge in [0.1, 0.15) is 6.33 Å². The molecule has 65 valence electrons. The largest absolute Gasteiger partial charge is 0.276 e. The highest BCUT2D eigenvalue weighted by atomic mass is 32.1. The van der Waals surface area contributed by atoms with Crippen LogP contribution in [0.1, 0.15) is 9.67 Å². The number of aromatic nitrogens is 2. The van der Waals surface area contributed by atoms with Crippen LogP contribution >= 0.6 is 11.3 Å². The van der Waals surface area contributed by atoms with Crippen molar-refractivity contribution in [3.05, 3.63) is 47.5 Å². The second-order valence-electron chi connectivity index (χ2n) is 2.47. The number of carbonyl (C=O) groups excluding carboxylic acids is 1. The molecular formula is C9H7N2OS. The lowest BCUT2D eigenvalue weighted by atomic mass is 10.3. The van der Waals surface area contributed by atoms with E-state index in [-0.39, 0.29) is 5.91 Å². The van der Waals surface area contributed by atoms with Crippen molar-refractivity contribution in [1.82, 2.24) is 9.55 Å². The minimum Gasteiger partial charge on any atom is -0.276 e. The van der Waals surface area contributed by atoms with Crippen LogP contribution in [0.15, 0.2) is 36.2 Å². The molecule has 0 spiro atoms. The molecule has 2 rings (SSSR count). The summed E-state index contributed by atoms with van der Waals surface area (Å²) in [4.78, 5) is 16.2. The molecule has 2 aromatic rings. The van der Waals surface area contributed by atoms with Gasteiger partial charge in [0.2, 0.25) is 5.91 Å². The van der Waals surface area contributed by atoms with Crippen molar-refractivity contribution in [2.75, 3.05) is 0 Å². The minimum atomic E-state index is -0.0695. The van der Waals surface area contributed by atoms with E-state index < -0.39 is 0 Å². The Balaban J connectivity index is 2.08. The number of hydrogen-bond donors (Lipinski definition) is 0. The molecule has 0 N–H and O–H groups in total. The van der Waals surface area contributed by atoms with Gasteiger partial charge in [0.25, 0.3) is 0 Å². The van der Waals surface area contributed by atoms with Crippen LogP contribution in [0.2, 0.25) is 0 Å². The highest BCUT2D eigenvalue weighted by molar-refractivity contribution is 7.10. The van der Waals surface area contributed by atoms with E-state index in [1.807, 2.05) is 17.5 Å². The third-order valence-electron chi connectivity index (χ3n) is 1.57. The first-order valence-corrected chi connectivity index (χ1v) is 4.65. The van der Waals surface area contributed by atoms with E-state index in [9.17, 15) is 4.79 Å². The molecule has 0 amide bonds. The van der Waals surface area contributed by atoms with Crippen LogP contribution in [0.3, 0.4) is 0 Å². The predicted octanol–water partition coefficient (Wildman–Crippen LogP) is 1.84. The lowest BCUT2D eigenvalue weighted by Gasteiger charge is -1.96. The molecule has 0 aliphatic heterocycles. The second-order valence-corrected chi connectivity index (χ2v) is 3.45. The minimum absolute atomic E-state index is 0.0695. The first kappa shape index (κ1) is 8.19. The molecule has 3 nitrogen and oxygen atoms in total. The third kappa shape index (κ3) is 1.84. The van der Waals surface area contributed by atoms with E-state index in [0.29, 0.717) is 0 Å². The Hall–Kier alpha value is -1.42. The van der Waals surface area contributed by atoms with E-state index in [1.165, 1.54) is 22.2 Å². The number of rotatable bonds is 2. The topological polar surface area (TPSA) is 34.9 Å². The van der Waals surface area contributed by atoms with Gasteiger partial charge in [-0.1, -0.05) is 6.07 Å². The van der Waals surface area contributed by atoms with Crippen LogP contribution in [0.25, 0.3) is 0 Å². The van der Waals surface area contributed by atoms with Gasteiger partial charge in [-0.15, -0.1) is 11.3 Å². The van der Waals surface area contributed by atoms with Crippen LogP contribution in [-0.4, -0.2) is 15.5 Å². The highest BCUT2D eigenvalue weighted by Gasteiger charge is 2.05. The molecule has 0 saturated heterocycles. The zero-order valence-electron chi connectivity index (χ0n) is 6.75. The fourth-order valence-electron chi connectivity index (χ4n) is 0.959. The Morgan fingerprint density at radius 1 is 1.62 bits per heavy atom. The molecule has 0 bridgehead atoms. The average Bonchev–Trinajstić information content (AvgIpc) is 2.74. The van der Waals surface area contributed by atoms with E-state index in [1.54, 1.807) is 18.8 Å². The zero-order valence-corrected chi connectivity index (χ0v) is 7.57. The van der Waals surface area contributed by atoms with Crippen molar-refractivity contribution in [3.8, 4) is 0 Å². The fraction of sp³-hybridized carbons (Fsp3) is 0. The summed E-state index contributed by atoms with van der Waals surface area (Å²) in [7, 11) is 0. The van der Waals surface area contributed by atoms with Crippen molar-refractivity contribution >= 4 is 17.2 Å². The average molecular weight is 191 g/mol. The van der Waals surface area contributed by atoms with Crippen molar-refractivity contribution in [3.63, 3.8) is 0 Å². The molecule has 0 aliphatic rings. The van der Waals surface area contributed by atoms with E-state index >= 15 is 0 Å². The van der Waals surface area contributed by atoms with E-state index in [4.69, 9.17) is 0 Å². The van der Waals surface area contributed by atoms with Crippen molar-refractivity contribution < 1.29 is 4.79 Å². The molecule has 2 heterocycles. The first-order chi connectivity index (χ1) is 6.36. The maximum atomic E-state index is 11.4. The molecular weight excluding hydrogens is 184 g/mol. The lowest BCUT2D eigenvalue weighted by molar-refractivity contribution is 0.0954. The first-order valence-electron chi connectivity index (χ1n) is 3.77. The van der Waals surface area contributed by atoms with Gasteiger partial charge in [-0.25, -0.2) is 4.98 Å². The van der Waals surface area contributed by atoms with Gasteiger partial charge in [-0.2, -0.15) is 0 Å². The molecule has 0 aromatic carbocycles. The standard InChI is InChI=1S/C9H7N2OS/c12-9(11-4-3-10-7-11)6-8-2-1-5-13-8/h1-7H. The van der Waals surface area contributed by atoms with E-state index in [0.717, 1.165) is 4.88 Å². The Morgan fingerprint density at radius 2 is 2.54 bits per heavy atom. The maximum absolute atomic E-state index is 11.4. The van der Waals surface area contributed by atoms with Gasteiger partial charge in [0, 0.05) is 17.3 Å². The number of carbonyl (C=O) groups is 1. The van der Waals surface area contributed by atoms with Gasteiger partial charge in [0.15, 0.2) is 0 Å². The Kier molecular flexibility index (Phi) is 2.23. The van der Waals surface area contributed by atoms with Crippen molar-refractivity contribution in [2.45, 2.75) is 0 Å². The summed E-state index contributed by atoms with van der Waals surface area (Å²) >= 11 is 1.54. The summed E-state index contributed by atoms with van der Waals surface area (Å²) in [5, 5.41) is 1.94. The monoisotopic (exact) mass is 191 g/mol. The number of imidazole rings is 1. The van der Waals surface area contributed by atoms with Crippen LogP contribution in [-0.2, 0) is 0 Å². The molecule has 0 saturated carbocycles. The Labute approximate surface area is 79.7 Å². The highest BCUT2D eigenvalue weighted by Crippen LogP contribution is 2.11. The summed E-state index contributed by atoms with van der Waals surface area (Å²) in [5.41, 5.74) is 0. The fourth-order valence-corrected chi connectivity index (χ4v) is 1.60. The summed E-state index contributed by atoms with van der Waals surface area (Å²) in [6.07, 6.45) is 6.30. The maximum Gasteiger partial charge on any atom is 0.241 e. The van der Waals surface area contributed by atoms with Crippen molar-refractivity contribution in [1.29, 1.82) is 0 Å². The lowest BCUT2D eigenvalue weighted by Crippen LogP contribution is -2.08. The Morgan fingerprint density at radius 3 is 3.15 bits per heavy atom. The number of nitrogens with zero attached hydrogens (tertiary/aromatic N) is 2. The number of thiophene rings is 1. The predicted molar refractivity (Wildman–Crippen MR) is 50.6 cm³/mol. The molecule has 0 aliphatic carbocycles. The normalized spacial score (nSPS) is 10.2. The van der Waals surface area contributed by atoms with Gasteiger partial charge in [0.05, 0.1) is 6.42 Å². The number of hydrogen-bond acceptors (Lipinski definition) is 3. The van der Waals surface area contributed by atoms with Crippen LogP contribution in [0, 0.1) is 6.42 Å². The van der Waals surface area contributed by atoms with Crippen LogP contribution < -0.4 is 0 Å². The molecule has 0 unspecified atom stereocenters. The zero-order chi connectivity index (χ0) is 9.10.